The van der Waals surface area contributed by atoms with Crippen molar-refractivity contribution in [3.63, 3.8) is 0 Å². The molecule has 1 fully saturated rings. The van der Waals surface area contributed by atoms with Crippen molar-refractivity contribution in [3.8, 4) is 5.75 Å². The number of benzene rings is 1. The van der Waals surface area contributed by atoms with Gasteiger partial charge in [-0.25, -0.2) is 0 Å². The largest absolute Gasteiger partial charge is 0.492 e. The van der Waals surface area contributed by atoms with Gasteiger partial charge in [-0.1, -0.05) is 6.07 Å². The zero-order valence-corrected chi connectivity index (χ0v) is 10.4. The molecular weight excluding hydrogens is 216 g/mol. The van der Waals surface area contributed by atoms with Gasteiger partial charge in [0, 0.05) is 13.2 Å². The molecule has 0 radical (unpaired) electrons. The van der Waals surface area contributed by atoms with Crippen molar-refractivity contribution in [2.75, 3.05) is 24.8 Å². The molecule has 1 aliphatic rings. The predicted molar refractivity (Wildman–Crippen MR) is 69.5 cm³/mol. The van der Waals surface area contributed by atoms with Crippen LogP contribution in [0.1, 0.15) is 19.8 Å². The third-order valence-electron chi connectivity index (χ3n) is 3.15. The Bertz CT molecular complexity index is 376. The number of hydrogen-bond acceptors (Lipinski definition) is 4. The van der Waals surface area contributed by atoms with Gasteiger partial charge in [0.25, 0.3) is 0 Å². The molecule has 0 unspecified atom stereocenters. The number of nitrogens with two attached hydrogens (primary N) is 1. The van der Waals surface area contributed by atoms with E-state index in [0.29, 0.717) is 24.4 Å². The van der Waals surface area contributed by atoms with E-state index in [1.54, 1.807) is 7.11 Å². The van der Waals surface area contributed by atoms with Crippen molar-refractivity contribution in [1.82, 2.24) is 0 Å². The molecular formula is C13H20N2O2. The van der Waals surface area contributed by atoms with E-state index < -0.39 is 0 Å². The molecule has 3 N–H and O–H groups in total. The van der Waals surface area contributed by atoms with Gasteiger partial charge in [0.1, 0.15) is 5.75 Å². The van der Waals surface area contributed by atoms with E-state index >= 15 is 0 Å². The van der Waals surface area contributed by atoms with Crippen molar-refractivity contribution in [2.45, 2.75) is 31.9 Å². The van der Waals surface area contributed by atoms with Crippen LogP contribution in [0.5, 0.6) is 5.75 Å². The molecule has 1 saturated carbocycles. The quantitative estimate of drug-likeness (QED) is 0.770. The van der Waals surface area contributed by atoms with E-state index in [4.69, 9.17) is 15.2 Å². The van der Waals surface area contributed by atoms with Crippen molar-refractivity contribution in [1.29, 1.82) is 0 Å². The molecule has 4 nitrogen and oxygen atoms in total. The van der Waals surface area contributed by atoms with Gasteiger partial charge >= 0.3 is 0 Å². The Balaban J connectivity index is 1.99. The number of anilines is 2. The minimum Gasteiger partial charge on any atom is -0.492 e. The summed E-state index contributed by atoms with van der Waals surface area (Å²) in [6, 6.07) is 6.29. The smallest absolute Gasteiger partial charge is 0.144 e. The lowest BCUT2D eigenvalue weighted by molar-refractivity contribution is 0.0329. The molecule has 0 saturated heterocycles. The fraction of sp³-hybridized carbons (Fsp3) is 0.538. The summed E-state index contributed by atoms with van der Waals surface area (Å²) in [5, 5.41) is 3.42. The van der Waals surface area contributed by atoms with Crippen molar-refractivity contribution < 1.29 is 9.47 Å². The standard InChI is InChI=1S/C13H20N2O2/c1-3-17-12-6-4-5-11(13(12)14)15-9-7-10(8-9)16-2/h4-6,9-10,15H,3,7-8,14H2,1-2H3. The van der Waals surface area contributed by atoms with Crippen LogP contribution in [0.2, 0.25) is 0 Å². The van der Waals surface area contributed by atoms with Gasteiger partial charge in [-0.05, 0) is 31.9 Å². The zero-order valence-electron chi connectivity index (χ0n) is 10.4. The summed E-state index contributed by atoms with van der Waals surface area (Å²) in [6.45, 7) is 2.58. The summed E-state index contributed by atoms with van der Waals surface area (Å²) in [5.41, 5.74) is 7.69. The summed E-state index contributed by atoms with van der Waals surface area (Å²) in [6.07, 6.45) is 2.47. The maximum absolute atomic E-state index is 6.04. The molecule has 1 aromatic carbocycles. The summed E-state index contributed by atoms with van der Waals surface area (Å²) in [7, 11) is 1.75. The van der Waals surface area contributed by atoms with Crippen molar-refractivity contribution >= 4 is 11.4 Å². The van der Waals surface area contributed by atoms with Crippen LogP contribution in [-0.2, 0) is 4.74 Å². The first-order valence-electron chi connectivity index (χ1n) is 6.05. The highest BCUT2D eigenvalue weighted by Crippen LogP contribution is 2.33. The summed E-state index contributed by atoms with van der Waals surface area (Å²) >= 11 is 0. The molecule has 1 aliphatic carbocycles. The zero-order chi connectivity index (χ0) is 12.3. The number of nitrogen functional groups attached to an aromatic ring is 1. The maximum atomic E-state index is 6.04. The normalized spacial score (nSPS) is 22.9. The predicted octanol–water partition coefficient (Wildman–Crippen LogP) is 2.26. The topological polar surface area (TPSA) is 56.5 Å². The maximum Gasteiger partial charge on any atom is 0.144 e. The van der Waals surface area contributed by atoms with Crippen LogP contribution in [0.15, 0.2) is 18.2 Å². The van der Waals surface area contributed by atoms with Gasteiger partial charge in [0.15, 0.2) is 0 Å². The van der Waals surface area contributed by atoms with Crippen LogP contribution in [-0.4, -0.2) is 25.9 Å². The average Bonchev–Trinajstić information content (AvgIpc) is 2.27. The fourth-order valence-corrected chi connectivity index (χ4v) is 2.05. The van der Waals surface area contributed by atoms with Gasteiger partial charge in [0.2, 0.25) is 0 Å². The van der Waals surface area contributed by atoms with Crippen LogP contribution < -0.4 is 15.8 Å². The highest BCUT2D eigenvalue weighted by molar-refractivity contribution is 5.73. The second-order valence-electron chi connectivity index (χ2n) is 4.32. The Hall–Kier alpha value is -1.42. The second kappa shape index (κ2) is 5.27. The number of nitrogens with one attached hydrogen (secondary N) is 1. The molecule has 0 heterocycles. The molecule has 0 aromatic heterocycles. The minimum atomic E-state index is 0.392. The molecule has 94 valence electrons. The lowest BCUT2D eigenvalue weighted by Gasteiger charge is -2.35. The van der Waals surface area contributed by atoms with E-state index in [1.807, 2.05) is 25.1 Å². The van der Waals surface area contributed by atoms with E-state index in [0.717, 1.165) is 24.3 Å². The Morgan fingerprint density at radius 2 is 2.18 bits per heavy atom. The van der Waals surface area contributed by atoms with Gasteiger partial charge in [-0.2, -0.15) is 0 Å². The Labute approximate surface area is 102 Å². The van der Waals surface area contributed by atoms with Crippen LogP contribution >= 0.6 is 0 Å². The first kappa shape index (κ1) is 12.0. The van der Waals surface area contributed by atoms with Crippen LogP contribution in [0.4, 0.5) is 11.4 Å². The van der Waals surface area contributed by atoms with E-state index in [2.05, 4.69) is 5.32 Å². The molecule has 1 aromatic rings. The third-order valence-corrected chi connectivity index (χ3v) is 3.15. The first-order valence-corrected chi connectivity index (χ1v) is 6.05. The van der Waals surface area contributed by atoms with E-state index in [9.17, 15) is 0 Å². The average molecular weight is 236 g/mol. The van der Waals surface area contributed by atoms with Gasteiger partial charge < -0.3 is 20.5 Å². The van der Waals surface area contributed by atoms with Crippen molar-refractivity contribution in [2.24, 2.45) is 0 Å². The first-order chi connectivity index (χ1) is 8.24. The number of para-hydroxylation sites is 1. The van der Waals surface area contributed by atoms with Crippen LogP contribution in [0.25, 0.3) is 0 Å². The molecule has 2 rings (SSSR count). The summed E-state index contributed by atoms with van der Waals surface area (Å²) in [5.74, 6) is 0.750. The third kappa shape index (κ3) is 2.64. The molecule has 17 heavy (non-hydrogen) atoms. The number of ether oxygens (including phenoxy) is 2. The lowest BCUT2D eigenvalue weighted by Crippen LogP contribution is -2.40. The highest BCUT2D eigenvalue weighted by atomic mass is 16.5. The Morgan fingerprint density at radius 3 is 2.82 bits per heavy atom. The summed E-state index contributed by atoms with van der Waals surface area (Å²) < 4.78 is 10.7. The number of hydrogen-bond donors (Lipinski definition) is 2. The molecule has 0 atom stereocenters. The molecule has 0 bridgehead atoms. The SMILES string of the molecule is CCOc1cccc(NC2CC(OC)C2)c1N. The highest BCUT2D eigenvalue weighted by Gasteiger charge is 2.29. The molecule has 0 aliphatic heterocycles. The van der Waals surface area contributed by atoms with Gasteiger partial charge in [-0.15, -0.1) is 0 Å². The molecule has 0 amide bonds. The van der Waals surface area contributed by atoms with Gasteiger partial charge in [0.05, 0.1) is 24.1 Å². The molecule has 4 heteroatoms. The van der Waals surface area contributed by atoms with Crippen molar-refractivity contribution in [3.05, 3.63) is 18.2 Å². The molecule has 0 spiro atoms. The monoisotopic (exact) mass is 236 g/mol. The summed E-state index contributed by atoms with van der Waals surface area (Å²) in [4.78, 5) is 0. The fourth-order valence-electron chi connectivity index (χ4n) is 2.05. The Kier molecular flexibility index (Phi) is 3.74. The van der Waals surface area contributed by atoms with Crippen LogP contribution in [0, 0.1) is 0 Å². The van der Waals surface area contributed by atoms with Crippen LogP contribution in [0.3, 0.4) is 0 Å². The van der Waals surface area contributed by atoms with Gasteiger partial charge in [-0.3, -0.25) is 0 Å². The second-order valence-corrected chi connectivity index (χ2v) is 4.32. The van der Waals surface area contributed by atoms with E-state index in [-0.39, 0.29) is 0 Å². The number of rotatable bonds is 5. The van der Waals surface area contributed by atoms with E-state index in [1.165, 1.54) is 0 Å². The number of methoxy groups -OCH3 is 1. The Morgan fingerprint density at radius 1 is 1.41 bits per heavy atom. The lowest BCUT2D eigenvalue weighted by atomic mass is 9.89. The minimum absolute atomic E-state index is 0.392.